The van der Waals surface area contributed by atoms with E-state index in [0.717, 1.165) is 0 Å². The Labute approximate surface area is 85.9 Å². The quantitative estimate of drug-likeness (QED) is 0.686. The molecule has 80 valence electrons. The number of nitrogens with zero attached hydrogens (tertiary/aromatic N) is 2. The van der Waals surface area contributed by atoms with Crippen LogP contribution in [0.15, 0.2) is 12.3 Å². The standard InChI is InChI=1S/C9H11N3O3/c10-8(13)6-1-2-11-3-4-12(9(14)15)5-7(6)11/h1-2H,3-5H2,(H2,10,13)(H,14,15). The molecule has 15 heavy (non-hydrogen) atoms. The van der Waals surface area contributed by atoms with Crippen LogP contribution in [0.1, 0.15) is 16.1 Å². The number of aromatic nitrogens is 1. The van der Waals surface area contributed by atoms with E-state index in [1.807, 2.05) is 4.57 Å². The van der Waals surface area contributed by atoms with Crippen LogP contribution in [0.5, 0.6) is 0 Å². The highest BCUT2D eigenvalue weighted by Gasteiger charge is 2.23. The molecule has 0 aliphatic carbocycles. The van der Waals surface area contributed by atoms with Crippen molar-refractivity contribution >= 4 is 12.0 Å². The van der Waals surface area contributed by atoms with Crippen LogP contribution in [-0.2, 0) is 13.1 Å². The Morgan fingerprint density at radius 2 is 2.13 bits per heavy atom. The highest BCUT2D eigenvalue weighted by Crippen LogP contribution is 2.17. The average molecular weight is 209 g/mol. The van der Waals surface area contributed by atoms with E-state index in [9.17, 15) is 9.59 Å². The fourth-order valence-corrected chi connectivity index (χ4v) is 1.77. The molecule has 2 rings (SSSR count). The van der Waals surface area contributed by atoms with Crippen molar-refractivity contribution in [3.63, 3.8) is 0 Å². The molecular formula is C9H11N3O3. The van der Waals surface area contributed by atoms with Crippen molar-refractivity contribution in [1.29, 1.82) is 0 Å². The van der Waals surface area contributed by atoms with E-state index in [0.29, 0.717) is 24.3 Å². The maximum Gasteiger partial charge on any atom is 0.407 e. The van der Waals surface area contributed by atoms with E-state index in [4.69, 9.17) is 10.8 Å². The summed E-state index contributed by atoms with van der Waals surface area (Å²) in [5.74, 6) is -0.518. The monoisotopic (exact) mass is 209 g/mol. The first-order chi connectivity index (χ1) is 7.09. The van der Waals surface area contributed by atoms with Gasteiger partial charge in [-0.15, -0.1) is 0 Å². The van der Waals surface area contributed by atoms with Crippen molar-refractivity contribution in [2.24, 2.45) is 5.73 Å². The molecule has 0 fully saturated rings. The van der Waals surface area contributed by atoms with Crippen LogP contribution in [0.2, 0.25) is 0 Å². The largest absolute Gasteiger partial charge is 0.465 e. The molecule has 0 bridgehead atoms. The van der Waals surface area contributed by atoms with Crippen LogP contribution in [0.4, 0.5) is 4.79 Å². The van der Waals surface area contributed by atoms with Gasteiger partial charge in [0.1, 0.15) is 0 Å². The zero-order valence-corrected chi connectivity index (χ0v) is 8.01. The smallest absolute Gasteiger partial charge is 0.407 e. The Morgan fingerprint density at radius 1 is 1.40 bits per heavy atom. The van der Waals surface area contributed by atoms with Crippen molar-refractivity contribution in [3.05, 3.63) is 23.5 Å². The average Bonchev–Trinajstić information content (AvgIpc) is 2.59. The molecular weight excluding hydrogens is 198 g/mol. The molecule has 0 saturated heterocycles. The van der Waals surface area contributed by atoms with Crippen LogP contribution >= 0.6 is 0 Å². The second-order valence-corrected chi connectivity index (χ2v) is 3.44. The normalized spacial score (nSPS) is 14.8. The minimum atomic E-state index is -0.974. The lowest BCUT2D eigenvalue weighted by molar-refractivity contribution is 0.0993. The van der Waals surface area contributed by atoms with E-state index < -0.39 is 12.0 Å². The van der Waals surface area contributed by atoms with Gasteiger partial charge in [0.05, 0.1) is 17.8 Å². The van der Waals surface area contributed by atoms with Gasteiger partial charge in [-0.05, 0) is 6.07 Å². The number of primary amides is 1. The molecule has 0 spiro atoms. The molecule has 2 heterocycles. The van der Waals surface area contributed by atoms with Crippen molar-refractivity contribution in [2.45, 2.75) is 13.1 Å². The molecule has 0 radical (unpaired) electrons. The number of nitrogens with two attached hydrogens (primary N) is 1. The van der Waals surface area contributed by atoms with Gasteiger partial charge in [0.2, 0.25) is 0 Å². The molecule has 2 amide bonds. The van der Waals surface area contributed by atoms with E-state index in [1.165, 1.54) is 4.90 Å². The number of carbonyl (C=O) groups is 2. The summed E-state index contributed by atoms with van der Waals surface area (Å²) in [6.07, 6.45) is 0.784. The summed E-state index contributed by atoms with van der Waals surface area (Å²) in [5.41, 5.74) is 6.27. The first-order valence-corrected chi connectivity index (χ1v) is 4.55. The van der Waals surface area contributed by atoms with E-state index >= 15 is 0 Å². The summed E-state index contributed by atoms with van der Waals surface area (Å²) in [7, 11) is 0. The van der Waals surface area contributed by atoms with Gasteiger partial charge in [-0.1, -0.05) is 0 Å². The highest BCUT2D eigenvalue weighted by atomic mass is 16.4. The third-order valence-corrected chi connectivity index (χ3v) is 2.57. The fraction of sp³-hybridized carbons (Fsp3) is 0.333. The predicted molar refractivity (Wildman–Crippen MR) is 51.4 cm³/mol. The highest BCUT2D eigenvalue weighted by molar-refractivity contribution is 5.94. The van der Waals surface area contributed by atoms with Crippen molar-refractivity contribution in [2.75, 3.05) is 6.54 Å². The molecule has 0 unspecified atom stereocenters. The molecule has 6 heteroatoms. The van der Waals surface area contributed by atoms with Gasteiger partial charge in [-0.25, -0.2) is 4.79 Å². The second kappa shape index (κ2) is 3.30. The lowest BCUT2D eigenvalue weighted by Gasteiger charge is -2.26. The van der Waals surface area contributed by atoms with Gasteiger partial charge >= 0.3 is 6.09 Å². The first kappa shape index (κ1) is 9.57. The fourth-order valence-electron chi connectivity index (χ4n) is 1.77. The lowest BCUT2D eigenvalue weighted by atomic mass is 10.2. The number of fused-ring (bicyclic) bond motifs is 1. The summed E-state index contributed by atoms with van der Waals surface area (Å²) in [5, 5.41) is 8.83. The molecule has 1 aromatic heterocycles. The molecule has 1 aromatic rings. The molecule has 3 N–H and O–H groups in total. The molecule has 1 aliphatic rings. The zero-order valence-electron chi connectivity index (χ0n) is 8.01. The number of carbonyl (C=O) groups excluding carboxylic acids is 1. The minimum Gasteiger partial charge on any atom is -0.465 e. The SMILES string of the molecule is NC(=O)c1ccn2c1CN(C(=O)O)CC2. The van der Waals surface area contributed by atoms with Gasteiger partial charge in [-0.2, -0.15) is 0 Å². The molecule has 0 atom stereocenters. The predicted octanol–water partition coefficient (Wildman–Crippen LogP) is 0.0806. The van der Waals surface area contributed by atoms with Gasteiger partial charge < -0.3 is 20.3 Å². The Balaban J connectivity index is 2.34. The van der Waals surface area contributed by atoms with Crippen molar-refractivity contribution < 1.29 is 14.7 Å². The molecule has 0 aromatic carbocycles. The van der Waals surface area contributed by atoms with Crippen LogP contribution in [0.25, 0.3) is 0 Å². The van der Waals surface area contributed by atoms with E-state index in [2.05, 4.69) is 0 Å². The van der Waals surface area contributed by atoms with Crippen LogP contribution in [-0.4, -0.2) is 33.1 Å². The van der Waals surface area contributed by atoms with Gasteiger partial charge in [0.15, 0.2) is 0 Å². The van der Waals surface area contributed by atoms with Gasteiger partial charge in [0, 0.05) is 19.3 Å². The number of hydrogen-bond donors (Lipinski definition) is 2. The third kappa shape index (κ3) is 1.54. The number of rotatable bonds is 1. The summed E-state index contributed by atoms with van der Waals surface area (Å²) in [6.45, 7) is 1.23. The van der Waals surface area contributed by atoms with Gasteiger partial charge in [-0.3, -0.25) is 4.79 Å². The van der Waals surface area contributed by atoms with Crippen LogP contribution in [0.3, 0.4) is 0 Å². The van der Waals surface area contributed by atoms with E-state index in [1.54, 1.807) is 12.3 Å². The Bertz CT molecular complexity index is 424. The summed E-state index contributed by atoms with van der Waals surface area (Å²) in [4.78, 5) is 23.1. The lowest BCUT2D eigenvalue weighted by Crippen LogP contribution is -2.37. The number of hydrogen-bond acceptors (Lipinski definition) is 2. The minimum absolute atomic E-state index is 0.223. The molecule has 1 aliphatic heterocycles. The first-order valence-electron chi connectivity index (χ1n) is 4.55. The number of amides is 2. The van der Waals surface area contributed by atoms with Crippen molar-refractivity contribution in [3.8, 4) is 0 Å². The summed E-state index contributed by atoms with van der Waals surface area (Å²) in [6, 6.07) is 1.63. The Morgan fingerprint density at radius 3 is 2.73 bits per heavy atom. The zero-order chi connectivity index (χ0) is 11.0. The summed E-state index contributed by atoms with van der Waals surface area (Å²) < 4.78 is 1.86. The summed E-state index contributed by atoms with van der Waals surface area (Å²) >= 11 is 0. The Hall–Kier alpha value is -1.98. The third-order valence-electron chi connectivity index (χ3n) is 2.57. The van der Waals surface area contributed by atoms with Gasteiger partial charge in [0.25, 0.3) is 5.91 Å². The topological polar surface area (TPSA) is 88.6 Å². The second-order valence-electron chi connectivity index (χ2n) is 3.44. The Kier molecular flexibility index (Phi) is 2.11. The maximum absolute atomic E-state index is 11.1. The van der Waals surface area contributed by atoms with Crippen LogP contribution in [0, 0.1) is 0 Å². The van der Waals surface area contributed by atoms with E-state index in [-0.39, 0.29) is 6.54 Å². The number of carboxylic acid groups (broad SMARTS) is 1. The molecule has 6 nitrogen and oxygen atoms in total. The van der Waals surface area contributed by atoms with Crippen molar-refractivity contribution in [1.82, 2.24) is 9.47 Å². The maximum atomic E-state index is 11.1. The molecule has 0 saturated carbocycles. The van der Waals surface area contributed by atoms with Crippen LogP contribution < -0.4 is 5.73 Å².